The molecule has 1 aliphatic rings. The summed E-state index contributed by atoms with van der Waals surface area (Å²) in [6.45, 7) is 4.98. The van der Waals surface area contributed by atoms with Crippen LogP contribution in [0.15, 0.2) is 18.2 Å². The van der Waals surface area contributed by atoms with Crippen molar-refractivity contribution in [2.75, 3.05) is 17.2 Å². The molecule has 0 aromatic heterocycles. The van der Waals surface area contributed by atoms with Crippen LogP contribution in [-0.2, 0) is 9.53 Å². The maximum Gasteiger partial charge on any atom is 0.255 e. The van der Waals surface area contributed by atoms with Crippen molar-refractivity contribution in [1.29, 1.82) is 0 Å². The fourth-order valence-electron chi connectivity index (χ4n) is 2.31. The minimum absolute atomic E-state index is 0.129. The standard InChI is InChI=1S/C17H23F3N2O2/c1-17(2,3)24-15(10-4-5-10)16(23)22-13-8-11(18)6-7-12(13)21-9-14(19)20/h6-8,10,14-15,21H,4-5,9H2,1-3H3,(H,22,23)/t15-/m0/s1. The molecule has 1 aromatic rings. The molecule has 1 aliphatic carbocycles. The maximum atomic E-state index is 13.5. The van der Waals surface area contributed by atoms with Crippen LogP contribution in [0.1, 0.15) is 33.6 Å². The number of rotatable bonds is 7. The van der Waals surface area contributed by atoms with Gasteiger partial charge in [0.05, 0.1) is 23.5 Å². The Kier molecular flexibility index (Phi) is 5.74. The van der Waals surface area contributed by atoms with Gasteiger partial charge in [-0.05, 0) is 57.7 Å². The van der Waals surface area contributed by atoms with E-state index in [-0.39, 0.29) is 17.3 Å². The van der Waals surface area contributed by atoms with Crippen LogP contribution >= 0.6 is 0 Å². The number of carbonyl (C=O) groups excluding carboxylic acids is 1. The summed E-state index contributed by atoms with van der Waals surface area (Å²) >= 11 is 0. The lowest BCUT2D eigenvalue weighted by Crippen LogP contribution is -2.38. The maximum absolute atomic E-state index is 13.5. The molecule has 1 atom stereocenters. The highest BCUT2D eigenvalue weighted by Crippen LogP contribution is 2.37. The summed E-state index contributed by atoms with van der Waals surface area (Å²) in [5.41, 5.74) is -0.123. The molecule has 4 nitrogen and oxygen atoms in total. The molecule has 134 valence electrons. The van der Waals surface area contributed by atoms with Gasteiger partial charge in [-0.3, -0.25) is 4.79 Å². The number of anilines is 2. The summed E-state index contributed by atoms with van der Waals surface area (Å²) in [7, 11) is 0. The Morgan fingerprint density at radius 1 is 1.29 bits per heavy atom. The van der Waals surface area contributed by atoms with Crippen molar-refractivity contribution in [3.8, 4) is 0 Å². The van der Waals surface area contributed by atoms with Gasteiger partial charge in [0, 0.05) is 0 Å². The van der Waals surface area contributed by atoms with Gasteiger partial charge < -0.3 is 15.4 Å². The molecule has 0 bridgehead atoms. The van der Waals surface area contributed by atoms with Crippen molar-refractivity contribution >= 4 is 17.3 Å². The Morgan fingerprint density at radius 3 is 2.50 bits per heavy atom. The van der Waals surface area contributed by atoms with Crippen LogP contribution in [-0.4, -0.2) is 30.6 Å². The molecule has 1 saturated carbocycles. The summed E-state index contributed by atoms with van der Waals surface area (Å²) in [5.74, 6) is -0.819. The minimum Gasteiger partial charge on any atom is -0.378 e. The first-order valence-corrected chi connectivity index (χ1v) is 7.96. The van der Waals surface area contributed by atoms with E-state index in [1.54, 1.807) is 0 Å². The molecule has 1 aromatic carbocycles. The largest absolute Gasteiger partial charge is 0.378 e. The van der Waals surface area contributed by atoms with E-state index in [1.807, 2.05) is 20.8 Å². The fourth-order valence-corrected chi connectivity index (χ4v) is 2.31. The average Bonchev–Trinajstić information content (AvgIpc) is 3.27. The van der Waals surface area contributed by atoms with Gasteiger partial charge in [0.1, 0.15) is 11.9 Å². The van der Waals surface area contributed by atoms with E-state index in [0.717, 1.165) is 25.0 Å². The molecule has 2 rings (SSSR count). The zero-order chi connectivity index (χ0) is 17.9. The highest BCUT2D eigenvalue weighted by Gasteiger charge is 2.39. The van der Waals surface area contributed by atoms with Gasteiger partial charge in [-0.1, -0.05) is 0 Å². The number of alkyl halides is 2. The Balaban J connectivity index is 2.12. The molecular weight excluding hydrogens is 321 g/mol. The second kappa shape index (κ2) is 7.42. The molecule has 0 saturated heterocycles. The van der Waals surface area contributed by atoms with Crippen LogP contribution in [0.2, 0.25) is 0 Å². The molecular formula is C17H23F3N2O2. The second-order valence-electron chi connectivity index (χ2n) is 6.94. The highest BCUT2D eigenvalue weighted by atomic mass is 19.3. The first-order valence-electron chi connectivity index (χ1n) is 7.96. The Bertz CT molecular complexity index is 584. The molecule has 1 fully saturated rings. The summed E-state index contributed by atoms with van der Waals surface area (Å²) in [6.07, 6.45) is -1.40. The number of halogens is 3. The predicted octanol–water partition coefficient (Wildman–Crippen LogP) is 4.03. The molecule has 0 unspecified atom stereocenters. The van der Waals surface area contributed by atoms with Gasteiger partial charge in [0.25, 0.3) is 12.3 Å². The molecule has 1 amide bonds. The molecule has 7 heteroatoms. The summed E-state index contributed by atoms with van der Waals surface area (Å²) in [6, 6.07) is 3.57. The second-order valence-corrected chi connectivity index (χ2v) is 6.94. The van der Waals surface area contributed by atoms with E-state index in [2.05, 4.69) is 10.6 Å². The van der Waals surface area contributed by atoms with E-state index < -0.39 is 36.4 Å². The zero-order valence-corrected chi connectivity index (χ0v) is 14.0. The van der Waals surface area contributed by atoms with Crippen molar-refractivity contribution in [2.45, 2.75) is 51.7 Å². The number of carbonyl (C=O) groups is 1. The third-order valence-corrected chi connectivity index (χ3v) is 3.48. The lowest BCUT2D eigenvalue weighted by molar-refractivity contribution is -0.139. The van der Waals surface area contributed by atoms with Gasteiger partial charge >= 0.3 is 0 Å². The van der Waals surface area contributed by atoms with Crippen molar-refractivity contribution in [3.63, 3.8) is 0 Å². The summed E-state index contributed by atoms with van der Waals surface area (Å²) in [5, 5.41) is 5.11. The van der Waals surface area contributed by atoms with E-state index in [0.29, 0.717) is 0 Å². The minimum atomic E-state index is -2.55. The molecule has 0 spiro atoms. The topological polar surface area (TPSA) is 50.4 Å². The highest BCUT2D eigenvalue weighted by molar-refractivity contribution is 5.97. The van der Waals surface area contributed by atoms with Crippen LogP contribution in [0.25, 0.3) is 0 Å². The monoisotopic (exact) mass is 344 g/mol. The molecule has 0 aliphatic heterocycles. The van der Waals surface area contributed by atoms with E-state index >= 15 is 0 Å². The van der Waals surface area contributed by atoms with Crippen LogP contribution in [0.3, 0.4) is 0 Å². The number of ether oxygens (including phenoxy) is 1. The fraction of sp³-hybridized carbons (Fsp3) is 0.588. The number of amides is 1. The van der Waals surface area contributed by atoms with Crippen LogP contribution < -0.4 is 10.6 Å². The first-order chi connectivity index (χ1) is 11.2. The number of hydrogen-bond acceptors (Lipinski definition) is 3. The molecule has 2 N–H and O–H groups in total. The lowest BCUT2D eigenvalue weighted by Gasteiger charge is -2.27. The van der Waals surface area contributed by atoms with E-state index in [4.69, 9.17) is 4.74 Å². The van der Waals surface area contributed by atoms with E-state index in [9.17, 15) is 18.0 Å². The smallest absolute Gasteiger partial charge is 0.255 e. The third-order valence-electron chi connectivity index (χ3n) is 3.48. The molecule has 24 heavy (non-hydrogen) atoms. The summed E-state index contributed by atoms with van der Waals surface area (Å²) in [4.78, 5) is 12.5. The van der Waals surface area contributed by atoms with Crippen molar-refractivity contribution in [3.05, 3.63) is 24.0 Å². The Morgan fingerprint density at radius 2 is 1.96 bits per heavy atom. The van der Waals surface area contributed by atoms with Gasteiger partial charge in [0.15, 0.2) is 0 Å². The van der Waals surface area contributed by atoms with E-state index in [1.165, 1.54) is 6.07 Å². The van der Waals surface area contributed by atoms with Crippen LogP contribution in [0.5, 0.6) is 0 Å². The van der Waals surface area contributed by atoms with Crippen molar-refractivity contribution in [2.24, 2.45) is 5.92 Å². The van der Waals surface area contributed by atoms with Gasteiger partial charge in [-0.2, -0.15) is 0 Å². The lowest BCUT2D eigenvalue weighted by atomic mass is 10.1. The molecule has 0 heterocycles. The quantitative estimate of drug-likeness (QED) is 0.785. The molecule has 0 radical (unpaired) electrons. The summed E-state index contributed by atoms with van der Waals surface area (Å²) < 4.78 is 44.1. The SMILES string of the molecule is CC(C)(C)O[C@H](C(=O)Nc1cc(F)ccc1NCC(F)F)C1CC1. The average molecular weight is 344 g/mol. The zero-order valence-electron chi connectivity index (χ0n) is 14.0. The van der Waals surface area contributed by atoms with Crippen LogP contribution in [0, 0.1) is 11.7 Å². The third kappa shape index (κ3) is 5.70. The van der Waals surface area contributed by atoms with Crippen molar-refractivity contribution in [1.82, 2.24) is 0 Å². The Labute approximate surface area is 139 Å². The predicted molar refractivity (Wildman–Crippen MR) is 86.9 cm³/mol. The number of benzene rings is 1. The van der Waals surface area contributed by atoms with Gasteiger partial charge in [-0.25, -0.2) is 13.2 Å². The number of nitrogens with one attached hydrogen (secondary N) is 2. The Hall–Kier alpha value is -1.76. The van der Waals surface area contributed by atoms with Gasteiger partial charge in [-0.15, -0.1) is 0 Å². The van der Waals surface area contributed by atoms with Gasteiger partial charge in [0.2, 0.25) is 0 Å². The number of hydrogen-bond donors (Lipinski definition) is 2. The van der Waals surface area contributed by atoms with Crippen molar-refractivity contribution < 1.29 is 22.7 Å². The van der Waals surface area contributed by atoms with Crippen LogP contribution in [0.4, 0.5) is 24.5 Å². The first kappa shape index (κ1) is 18.6. The normalized spacial score (nSPS) is 16.1.